The minimum absolute atomic E-state index is 0.141. The molecule has 0 aromatic heterocycles. The molecule has 11 heteroatoms. The molecule has 0 saturated carbocycles. The Kier molecular flexibility index (Phi) is 8.35. The van der Waals surface area contributed by atoms with Gasteiger partial charge in [0.25, 0.3) is 0 Å². The van der Waals surface area contributed by atoms with E-state index in [1.807, 2.05) is 0 Å². The van der Waals surface area contributed by atoms with Gasteiger partial charge in [-0.1, -0.05) is 17.7 Å². The molecular weight excluding hydrogens is 389 g/mol. The van der Waals surface area contributed by atoms with Crippen molar-refractivity contribution in [2.75, 3.05) is 6.61 Å². The Labute approximate surface area is 157 Å². The second-order valence-electron chi connectivity index (χ2n) is 5.92. The second-order valence-corrected chi connectivity index (χ2v) is 7.17. The van der Waals surface area contributed by atoms with Crippen molar-refractivity contribution in [2.24, 2.45) is 5.92 Å². The molecule has 1 unspecified atom stereocenters. The van der Waals surface area contributed by atoms with Gasteiger partial charge in [-0.3, -0.25) is 14.9 Å². The molecule has 1 aromatic rings. The summed E-state index contributed by atoms with van der Waals surface area (Å²) in [6.45, 7) is 4.20. The van der Waals surface area contributed by atoms with Gasteiger partial charge in [0.15, 0.2) is 0 Å². The average Bonchev–Trinajstić information content (AvgIpc) is 2.53. The molecule has 0 bridgehead atoms. The Bertz CT molecular complexity index is 682. The number of halogens is 3. The van der Waals surface area contributed by atoms with E-state index in [4.69, 9.17) is 0 Å². The fourth-order valence-electron chi connectivity index (χ4n) is 2.48. The summed E-state index contributed by atoms with van der Waals surface area (Å²) in [5.74, 6) is -3.76. The summed E-state index contributed by atoms with van der Waals surface area (Å²) in [5, 5.41) is 11.3. The van der Waals surface area contributed by atoms with E-state index in [0.29, 0.717) is 0 Å². The second kappa shape index (κ2) is 9.79. The first kappa shape index (κ1) is 23.0. The van der Waals surface area contributed by atoms with E-state index in [0.717, 1.165) is 12.5 Å². The van der Waals surface area contributed by atoms with Crippen molar-refractivity contribution in [3.05, 3.63) is 39.9 Å². The average molecular weight is 410 g/mol. The third-order valence-electron chi connectivity index (χ3n) is 3.81. The van der Waals surface area contributed by atoms with Gasteiger partial charge in [-0.2, -0.15) is 13.2 Å². The number of nitro groups is 1. The number of esters is 1. The van der Waals surface area contributed by atoms with Crippen LogP contribution in [0.25, 0.3) is 0 Å². The summed E-state index contributed by atoms with van der Waals surface area (Å²) in [5.41, 5.74) is 0.888. The summed E-state index contributed by atoms with van der Waals surface area (Å²) < 4.78 is 59.3. The number of carbonyl (C=O) groups excluding carboxylic acids is 1. The molecule has 4 atom stereocenters. The molecule has 27 heavy (non-hydrogen) atoms. The number of nitrogens with zero attached hydrogens (tertiary/aromatic N) is 1. The van der Waals surface area contributed by atoms with E-state index >= 15 is 0 Å². The zero-order chi connectivity index (χ0) is 20.8. The Morgan fingerprint density at radius 3 is 2.33 bits per heavy atom. The van der Waals surface area contributed by atoms with Crippen molar-refractivity contribution in [1.29, 1.82) is 0 Å². The monoisotopic (exact) mass is 410 g/mol. The highest BCUT2D eigenvalue weighted by molar-refractivity contribution is 7.83. The highest BCUT2D eigenvalue weighted by Gasteiger charge is 2.54. The van der Waals surface area contributed by atoms with Crippen LogP contribution in [0.15, 0.2) is 29.2 Å². The topological polar surface area (TPSA) is 98.5 Å². The molecule has 0 aliphatic carbocycles. The van der Waals surface area contributed by atoms with Gasteiger partial charge >= 0.3 is 12.1 Å². The smallest absolute Gasteiger partial charge is 0.399 e. The Hall–Kier alpha value is -2.01. The number of ether oxygens (including phenoxy) is 1. The van der Waals surface area contributed by atoms with Crippen LogP contribution in [-0.4, -0.2) is 40.0 Å². The Morgan fingerprint density at radius 1 is 1.33 bits per heavy atom. The van der Waals surface area contributed by atoms with Gasteiger partial charge in [0.2, 0.25) is 6.04 Å². The number of nitrogens with one attached hydrogen (secondary N) is 1. The zero-order valence-electron chi connectivity index (χ0n) is 15.0. The number of hydrogen-bond acceptors (Lipinski definition) is 5. The van der Waals surface area contributed by atoms with Gasteiger partial charge in [-0.25, -0.2) is 8.93 Å². The van der Waals surface area contributed by atoms with E-state index in [1.165, 1.54) is 19.1 Å². The van der Waals surface area contributed by atoms with Crippen molar-refractivity contribution in [3.63, 3.8) is 0 Å². The minimum atomic E-state index is -5.01. The standard InChI is InChI=1S/C16H21F3N2O5S/c1-4-26-14(22)9-13(16(17,18)19)15(21(23)24)11(3)20-27(25)12-7-5-10(2)6-8-12/h5-8,11,13,15,20H,4,9H2,1-3H3/t11-,13?,15-,27-/m0/s1. The molecular formula is C16H21F3N2O5S. The van der Waals surface area contributed by atoms with Gasteiger partial charge in [-0.05, 0) is 32.9 Å². The lowest BCUT2D eigenvalue weighted by atomic mass is 9.91. The lowest BCUT2D eigenvalue weighted by molar-refractivity contribution is -0.544. The van der Waals surface area contributed by atoms with Crippen LogP contribution in [0.1, 0.15) is 25.8 Å². The number of aryl methyl sites for hydroxylation is 1. The Morgan fingerprint density at radius 2 is 1.89 bits per heavy atom. The molecule has 0 spiro atoms. The summed E-state index contributed by atoms with van der Waals surface area (Å²) in [6, 6.07) is 2.68. The van der Waals surface area contributed by atoms with Gasteiger partial charge < -0.3 is 4.74 Å². The van der Waals surface area contributed by atoms with Crippen molar-refractivity contribution < 1.29 is 31.8 Å². The van der Waals surface area contributed by atoms with Crippen LogP contribution in [0, 0.1) is 23.0 Å². The van der Waals surface area contributed by atoms with E-state index in [2.05, 4.69) is 9.46 Å². The predicted molar refractivity (Wildman–Crippen MR) is 91.8 cm³/mol. The zero-order valence-corrected chi connectivity index (χ0v) is 15.8. The van der Waals surface area contributed by atoms with Crippen LogP contribution in [-0.2, 0) is 20.5 Å². The van der Waals surface area contributed by atoms with Crippen LogP contribution in [0.4, 0.5) is 13.2 Å². The summed E-state index contributed by atoms with van der Waals surface area (Å²) >= 11 is 0. The molecule has 1 aromatic carbocycles. The van der Waals surface area contributed by atoms with Crippen LogP contribution < -0.4 is 4.72 Å². The van der Waals surface area contributed by atoms with Crippen molar-refractivity contribution in [3.8, 4) is 0 Å². The maximum atomic E-state index is 13.4. The summed E-state index contributed by atoms with van der Waals surface area (Å²) in [4.78, 5) is 22.0. The summed E-state index contributed by atoms with van der Waals surface area (Å²) in [7, 11) is -1.96. The van der Waals surface area contributed by atoms with Gasteiger partial charge in [0.1, 0.15) is 16.9 Å². The van der Waals surface area contributed by atoms with E-state index < -0.39 is 52.5 Å². The number of hydrogen-bond donors (Lipinski definition) is 1. The van der Waals surface area contributed by atoms with Gasteiger partial charge in [-0.15, -0.1) is 0 Å². The molecule has 0 heterocycles. The largest absolute Gasteiger partial charge is 0.466 e. The molecule has 1 rings (SSSR count). The van der Waals surface area contributed by atoms with Crippen molar-refractivity contribution >= 4 is 17.0 Å². The fourth-order valence-corrected chi connectivity index (χ4v) is 3.47. The summed E-state index contributed by atoms with van der Waals surface area (Å²) in [6.07, 6.45) is -6.20. The molecule has 0 amide bonds. The minimum Gasteiger partial charge on any atom is -0.466 e. The van der Waals surface area contributed by atoms with Crippen LogP contribution in [0.2, 0.25) is 0 Å². The van der Waals surface area contributed by atoms with Gasteiger partial charge in [0, 0.05) is 4.92 Å². The third-order valence-corrected chi connectivity index (χ3v) is 5.09. The third kappa shape index (κ3) is 6.90. The first-order chi connectivity index (χ1) is 12.5. The predicted octanol–water partition coefficient (Wildman–Crippen LogP) is 2.77. The van der Waals surface area contributed by atoms with Crippen LogP contribution in [0.5, 0.6) is 0 Å². The molecule has 0 fully saturated rings. The molecule has 1 N–H and O–H groups in total. The SMILES string of the molecule is CCOC(=O)CC([C@H]([C@H](C)N[S@@](=O)c1ccc(C)cc1)[N+](=O)[O-])C(F)(F)F. The van der Waals surface area contributed by atoms with E-state index in [9.17, 15) is 32.3 Å². The number of rotatable bonds is 9. The van der Waals surface area contributed by atoms with E-state index in [1.54, 1.807) is 19.1 Å². The molecule has 7 nitrogen and oxygen atoms in total. The molecule has 0 aliphatic heterocycles. The van der Waals surface area contributed by atoms with Crippen molar-refractivity contribution in [2.45, 2.75) is 50.3 Å². The highest BCUT2D eigenvalue weighted by atomic mass is 32.2. The maximum Gasteiger partial charge on any atom is 0.399 e. The first-order valence-electron chi connectivity index (χ1n) is 8.07. The van der Waals surface area contributed by atoms with E-state index in [-0.39, 0.29) is 11.5 Å². The molecule has 152 valence electrons. The normalized spacial score (nSPS) is 16.2. The molecule has 0 aliphatic rings. The van der Waals surface area contributed by atoms with Gasteiger partial charge in [0.05, 0.1) is 24.0 Å². The van der Waals surface area contributed by atoms with Crippen LogP contribution in [0.3, 0.4) is 0 Å². The van der Waals surface area contributed by atoms with Crippen LogP contribution >= 0.6 is 0 Å². The Balaban J connectivity index is 3.04. The highest BCUT2D eigenvalue weighted by Crippen LogP contribution is 2.34. The maximum absolute atomic E-state index is 13.4. The number of alkyl halides is 3. The number of carbonyl (C=O) groups is 1. The number of benzene rings is 1. The first-order valence-corrected chi connectivity index (χ1v) is 9.22. The molecule has 0 saturated heterocycles. The molecule has 0 radical (unpaired) electrons. The lowest BCUT2D eigenvalue weighted by Gasteiger charge is -2.26. The van der Waals surface area contributed by atoms with Crippen molar-refractivity contribution in [1.82, 2.24) is 4.72 Å². The lowest BCUT2D eigenvalue weighted by Crippen LogP contribution is -2.52. The quantitative estimate of drug-likeness (QED) is 0.383. The fraction of sp³-hybridized carbons (Fsp3) is 0.562.